The lowest BCUT2D eigenvalue weighted by Gasteiger charge is -2.10. The van der Waals surface area contributed by atoms with Crippen LogP contribution in [-0.4, -0.2) is 34.6 Å². The van der Waals surface area contributed by atoms with E-state index in [1.54, 1.807) is 11.6 Å². The topological polar surface area (TPSA) is 104 Å². The van der Waals surface area contributed by atoms with Crippen LogP contribution in [0.2, 0.25) is 0 Å². The third kappa shape index (κ3) is 5.29. The van der Waals surface area contributed by atoms with Crippen molar-refractivity contribution in [2.24, 2.45) is 4.99 Å². The number of aliphatic imine (C=N–C) groups is 1. The largest absolute Gasteiger partial charge is 0.462 e. The molecule has 0 aromatic carbocycles. The number of esters is 1. The van der Waals surface area contributed by atoms with E-state index in [-0.39, 0.29) is 23.9 Å². The fraction of sp³-hybridized carbons (Fsp3) is 0.500. The first-order valence-corrected chi connectivity index (χ1v) is 8.32. The van der Waals surface area contributed by atoms with Gasteiger partial charge in [0.05, 0.1) is 23.9 Å². The number of allylic oxidation sites excluding steroid dienone is 2. The molecule has 0 bridgehead atoms. The number of carbonyl (C=O) groups is 1. The van der Waals surface area contributed by atoms with Gasteiger partial charge in [0.15, 0.2) is 5.69 Å². The molecule has 0 saturated heterocycles. The molecule has 0 aliphatic carbocycles. The minimum absolute atomic E-state index is 0.0385. The molecular weight excluding hydrogens is 318 g/mol. The zero-order chi connectivity index (χ0) is 18.8. The van der Waals surface area contributed by atoms with Gasteiger partial charge in [0.2, 0.25) is 0 Å². The molecule has 1 unspecified atom stereocenters. The van der Waals surface area contributed by atoms with Gasteiger partial charge in [0.1, 0.15) is 17.7 Å². The van der Waals surface area contributed by atoms with Crippen molar-refractivity contribution in [3.05, 3.63) is 29.1 Å². The second kappa shape index (κ2) is 10.0. The van der Waals surface area contributed by atoms with Crippen LogP contribution in [0.3, 0.4) is 0 Å². The summed E-state index contributed by atoms with van der Waals surface area (Å²) in [6, 6.07) is 3.97. The van der Waals surface area contributed by atoms with Crippen molar-refractivity contribution in [2.75, 3.05) is 13.2 Å². The van der Waals surface area contributed by atoms with Gasteiger partial charge in [-0.3, -0.25) is 9.67 Å². The lowest BCUT2D eigenvalue weighted by atomic mass is 10.1. The van der Waals surface area contributed by atoms with Crippen LogP contribution >= 0.6 is 0 Å². The fourth-order valence-corrected chi connectivity index (χ4v) is 2.26. The zero-order valence-electron chi connectivity index (χ0n) is 15.1. The summed E-state index contributed by atoms with van der Waals surface area (Å²) < 4.78 is 6.49. The first-order chi connectivity index (χ1) is 12.0. The Labute approximate surface area is 148 Å². The van der Waals surface area contributed by atoms with Crippen LogP contribution in [-0.2, 0) is 4.74 Å². The summed E-state index contributed by atoms with van der Waals surface area (Å²) in [5.41, 5.74) is 1.52. The normalized spacial score (nSPS) is 13.0. The van der Waals surface area contributed by atoms with E-state index in [2.05, 4.69) is 16.2 Å². The molecule has 0 saturated carbocycles. The van der Waals surface area contributed by atoms with Gasteiger partial charge in [-0.05, 0) is 33.6 Å². The Kier molecular flexibility index (Phi) is 8.08. The van der Waals surface area contributed by atoms with Gasteiger partial charge in [-0.1, -0.05) is 13.0 Å². The number of hydrogen-bond donors (Lipinski definition) is 0. The van der Waals surface area contributed by atoms with E-state index in [1.807, 2.05) is 32.9 Å². The van der Waals surface area contributed by atoms with Crippen molar-refractivity contribution < 1.29 is 9.53 Å². The van der Waals surface area contributed by atoms with Gasteiger partial charge < -0.3 is 4.74 Å². The number of aromatic nitrogens is 2. The van der Waals surface area contributed by atoms with Crippen LogP contribution in [0, 0.1) is 22.7 Å². The third-order valence-corrected chi connectivity index (χ3v) is 3.56. The molecule has 0 radical (unpaired) electrons. The van der Waals surface area contributed by atoms with Crippen LogP contribution < -0.4 is 0 Å². The molecule has 1 aromatic heterocycles. The molecule has 7 heteroatoms. The summed E-state index contributed by atoms with van der Waals surface area (Å²) in [4.78, 5) is 16.2. The van der Waals surface area contributed by atoms with E-state index in [0.717, 1.165) is 5.71 Å². The molecule has 0 amide bonds. The van der Waals surface area contributed by atoms with E-state index >= 15 is 0 Å². The van der Waals surface area contributed by atoms with Crippen molar-refractivity contribution in [1.82, 2.24) is 9.78 Å². The number of rotatable bonds is 8. The highest BCUT2D eigenvalue weighted by Gasteiger charge is 2.19. The molecule has 0 fully saturated rings. The maximum absolute atomic E-state index is 11.9. The standard InChI is InChI=1S/C18H23N5O2/c1-5-16(21-6-2)14(10-19)9-8-13(4)23-12-15(17(11-20)22-23)18(24)25-7-3/h9,12-13H,5-8H2,1-4H3/b14-9-,21-16?. The minimum atomic E-state index is -0.561. The molecule has 1 rings (SSSR count). The van der Waals surface area contributed by atoms with Crippen LogP contribution in [0.5, 0.6) is 0 Å². The first-order valence-electron chi connectivity index (χ1n) is 8.32. The Bertz CT molecular complexity index is 746. The molecule has 0 spiro atoms. The summed E-state index contributed by atoms with van der Waals surface area (Å²) in [7, 11) is 0. The minimum Gasteiger partial charge on any atom is -0.462 e. The monoisotopic (exact) mass is 341 g/mol. The molecule has 132 valence electrons. The Hall–Kier alpha value is -2.93. The third-order valence-electron chi connectivity index (χ3n) is 3.56. The molecule has 7 nitrogen and oxygen atoms in total. The quantitative estimate of drug-likeness (QED) is 0.410. The summed E-state index contributed by atoms with van der Waals surface area (Å²) >= 11 is 0. The highest BCUT2D eigenvalue weighted by atomic mass is 16.5. The Morgan fingerprint density at radius 2 is 2.16 bits per heavy atom. The maximum Gasteiger partial charge on any atom is 0.342 e. The van der Waals surface area contributed by atoms with E-state index in [1.165, 1.54) is 6.20 Å². The SMILES string of the molecule is CCN=C(CC)/C(C#N)=C\CC(C)n1cc(C(=O)OCC)c(C#N)n1. The molecule has 0 aliphatic rings. The number of nitriles is 2. The average molecular weight is 341 g/mol. The molecule has 1 aromatic rings. The van der Waals surface area contributed by atoms with Crippen LogP contribution in [0.25, 0.3) is 0 Å². The second-order valence-electron chi connectivity index (χ2n) is 5.29. The Morgan fingerprint density at radius 1 is 1.44 bits per heavy atom. The second-order valence-corrected chi connectivity index (χ2v) is 5.29. The van der Waals surface area contributed by atoms with Crippen LogP contribution in [0.15, 0.2) is 22.8 Å². The van der Waals surface area contributed by atoms with Gasteiger partial charge in [0, 0.05) is 12.7 Å². The molecule has 0 N–H and O–H groups in total. The predicted molar refractivity (Wildman–Crippen MR) is 94.2 cm³/mol. The van der Waals surface area contributed by atoms with E-state index in [4.69, 9.17) is 10.00 Å². The van der Waals surface area contributed by atoms with Crippen molar-refractivity contribution in [3.8, 4) is 12.1 Å². The summed E-state index contributed by atoms with van der Waals surface area (Å²) in [6.45, 7) is 8.35. The highest BCUT2D eigenvalue weighted by molar-refractivity contribution is 6.03. The van der Waals surface area contributed by atoms with Crippen molar-refractivity contribution in [1.29, 1.82) is 10.5 Å². The van der Waals surface area contributed by atoms with E-state index in [9.17, 15) is 10.1 Å². The Morgan fingerprint density at radius 3 is 2.68 bits per heavy atom. The summed E-state index contributed by atoms with van der Waals surface area (Å²) in [5, 5.41) is 22.6. The van der Waals surface area contributed by atoms with E-state index in [0.29, 0.717) is 25.0 Å². The lowest BCUT2D eigenvalue weighted by molar-refractivity contribution is 0.0526. The zero-order valence-corrected chi connectivity index (χ0v) is 15.1. The fourth-order valence-electron chi connectivity index (χ4n) is 2.26. The van der Waals surface area contributed by atoms with Crippen molar-refractivity contribution >= 4 is 11.7 Å². The van der Waals surface area contributed by atoms with Crippen molar-refractivity contribution in [3.63, 3.8) is 0 Å². The average Bonchev–Trinajstić information content (AvgIpc) is 3.05. The van der Waals surface area contributed by atoms with Gasteiger partial charge in [-0.2, -0.15) is 15.6 Å². The maximum atomic E-state index is 11.9. The van der Waals surface area contributed by atoms with Gasteiger partial charge in [0.25, 0.3) is 0 Å². The number of ether oxygens (including phenoxy) is 1. The van der Waals surface area contributed by atoms with Gasteiger partial charge in [-0.25, -0.2) is 4.79 Å². The van der Waals surface area contributed by atoms with E-state index < -0.39 is 5.97 Å². The van der Waals surface area contributed by atoms with Crippen LogP contribution in [0.1, 0.15) is 62.6 Å². The molecular formula is C18H23N5O2. The summed E-state index contributed by atoms with van der Waals surface area (Å²) in [6.07, 6.45) is 4.55. The van der Waals surface area contributed by atoms with Crippen molar-refractivity contribution in [2.45, 2.75) is 46.6 Å². The molecule has 0 aliphatic heterocycles. The van der Waals surface area contributed by atoms with Gasteiger partial charge in [-0.15, -0.1) is 0 Å². The Balaban J connectivity index is 3.01. The highest BCUT2D eigenvalue weighted by Crippen LogP contribution is 2.17. The molecule has 1 atom stereocenters. The molecule has 25 heavy (non-hydrogen) atoms. The molecule has 1 heterocycles. The lowest BCUT2D eigenvalue weighted by Crippen LogP contribution is -2.07. The smallest absolute Gasteiger partial charge is 0.342 e. The number of nitrogens with zero attached hydrogens (tertiary/aromatic N) is 5. The van der Waals surface area contributed by atoms with Gasteiger partial charge >= 0.3 is 5.97 Å². The van der Waals surface area contributed by atoms with Crippen LogP contribution in [0.4, 0.5) is 0 Å². The predicted octanol–water partition coefficient (Wildman–Crippen LogP) is 3.20. The number of hydrogen-bond acceptors (Lipinski definition) is 6. The first kappa shape index (κ1) is 20.1. The summed E-state index contributed by atoms with van der Waals surface area (Å²) in [5.74, 6) is -0.561. The number of carbonyl (C=O) groups excluding carboxylic acids is 1.